The van der Waals surface area contributed by atoms with Gasteiger partial charge in [0.2, 0.25) is 0 Å². The minimum atomic E-state index is 0.662. The molecule has 0 aliphatic rings. The predicted molar refractivity (Wildman–Crippen MR) is 117 cm³/mol. The Morgan fingerprint density at radius 1 is 0.963 bits per heavy atom. The van der Waals surface area contributed by atoms with Gasteiger partial charge in [0.05, 0.1) is 12.2 Å². The average Bonchev–Trinajstić information content (AvgIpc) is 2.70. The zero-order chi connectivity index (χ0) is 19.1. The Morgan fingerprint density at radius 2 is 1.70 bits per heavy atom. The highest BCUT2D eigenvalue weighted by atomic mass is 32.1. The maximum absolute atomic E-state index is 5.78. The second kappa shape index (κ2) is 9.28. The molecule has 0 fully saturated rings. The van der Waals surface area contributed by atoms with E-state index >= 15 is 0 Å². The van der Waals surface area contributed by atoms with Crippen LogP contribution in [0.15, 0.2) is 72.9 Å². The molecule has 0 aliphatic carbocycles. The van der Waals surface area contributed by atoms with Crippen LogP contribution in [0.2, 0.25) is 0 Å². The van der Waals surface area contributed by atoms with E-state index in [-0.39, 0.29) is 0 Å². The molecule has 0 atom stereocenters. The van der Waals surface area contributed by atoms with Crippen LogP contribution in [-0.4, -0.2) is 15.0 Å². The van der Waals surface area contributed by atoms with Gasteiger partial charge in [0.25, 0.3) is 0 Å². The number of nitrogens with one attached hydrogen (secondary N) is 1. The summed E-state index contributed by atoms with van der Waals surface area (Å²) in [5.41, 5.74) is 5.81. The first kappa shape index (κ1) is 19.1. The average molecular weight is 376 g/mol. The molecule has 0 saturated heterocycles. The molecular formula is C23H25N3S. The van der Waals surface area contributed by atoms with Gasteiger partial charge in [-0.05, 0) is 54.9 Å². The lowest BCUT2D eigenvalue weighted by molar-refractivity contribution is 0.407. The first-order valence-electron chi connectivity index (χ1n) is 9.25. The normalized spacial score (nSPS) is 10.4. The summed E-state index contributed by atoms with van der Waals surface area (Å²) in [5.74, 6) is 0. The van der Waals surface area contributed by atoms with Gasteiger partial charge in [0.15, 0.2) is 5.11 Å². The summed E-state index contributed by atoms with van der Waals surface area (Å²) in [4.78, 5) is 6.63. The smallest absolute Gasteiger partial charge is 0.174 e. The number of pyridine rings is 1. The van der Waals surface area contributed by atoms with Crippen LogP contribution in [-0.2, 0) is 19.5 Å². The van der Waals surface area contributed by atoms with Gasteiger partial charge < -0.3 is 10.2 Å². The molecule has 0 amide bonds. The van der Waals surface area contributed by atoms with Crippen molar-refractivity contribution in [3.63, 3.8) is 0 Å². The Balaban J connectivity index is 1.81. The highest BCUT2D eigenvalue weighted by molar-refractivity contribution is 7.80. The quantitative estimate of drug-likeness (QED) is 0.588. The number of aromatic nitrogens is 1. The van der Waals surface area contributed by atoms with Gasteiger partial charge in [-0.1, -0.05) is 61.0 Å². The number of anilines is 1. The molecule has 27 heavy (non-hydrogen) atoms. The van der Waals surface area contributed by atoms with Gasteiger partial charge in [0, 0.05) is 18.4 Å². The van der Waals surface area contributed by atoms with Crippen LogP contribution >= 0.6 is 12.2 Å². The van der Waals surface area contributed by atoms with Crippen molar-refractivity contribution in [2.45, 2.75) is 33.4 Å². The van der Waals surface area contributed by atoms with Crippen molar-refractivity contribution in [3.05, 3.63) is 95.3 Å². The lowest BCUT2D eigenvalue weighted by Gasteiger charge is -2.26. The fourth-order valence-corrected chi connectivity index (χ4v) is 3.18. The Kier molecular flexibility index (Phi) is 6.55. The Labute approximate surface area is 167 Å². The second-order valence-electron chi connectivity index (χ2n) is 6.60. The van der Waals surface area contributed by atoms with Crippen molar-refractivity contribution in [3.8, 4) is 0 Å². The molecule has 3 nitrogen and oxygen atoms in total. The van der Waals surface area contributed by atoms with Crippen LogP contribution in [0.5, 0.6) is 0 Å². The minimum Gasteiger partial charge on any atom is -0.339 e. The van der Waals surface area contributed by atoms with Gasteiger partial charge >= 0.3 is 0 Å². The van der Waals surface area contributed by atoms with E-state index < -0.39 is 0 Å². The zero-order valence-corrected chi connectivity index (χ0v) is 16.7. The number of nitrogens with zero attached hydrogens (tertiary/aromatic N) is 2. The molecule has 138 valence electrons. The van der Waals surface area contributed by atoms with E-state index in [4.69, 9.17) is 12.2 Å². The number of aryl methyl sites for hydroxylation is 2. The third-order valence-electron chi connectivity index (χ3n) is 4.50. The van der Waals surface area contributed by atoms with Crippen molar-refractivity contribution in [1.29, 1.82) is 0 Å². The zero-order valence-electron chi connectivity index (χ0n) is 15.9. The van der Waals surface area contributed by atoms with E-state index in [1.165, 1.54) is 16.7 Å². The molecular weight excluding hydrogens is 350 g/mol. The maximum atomic E-state index is 5.78. The third-order valence-corrected chi connectivity index (χ3v) is 4.86. The molecule has 0 aliphatic heterocycles. The van der Waals surface area contributed by atoms with Gasteiger partial charge in [0.1, 0.15) is 0 Å². The van der Waals surface area contributed by atoms with Crippen molar-refractivity contribution in [2.75, 3.05) is 5.32 Å². The molecule has 1 heterocycles. The van der Waals surface area contributed by atoms with E-state index in [0.29, 0.717) is 11.7 Å². The van der Waals surface area contributed by atoms with E-state index in [1.807, 2.05) is 30.5 Å². The molecule has 0 saturated carbocycles. The molecule has 0 radical (unpaired) electrons. The third kappa shape index (κ3) is 5.38. The summed E-state index contributed by atoms with van der Waals surface area (Å²) in [6, 6.07) is 22.9. The minimum absolute atomic E-state index is 0.662. The molecule has 4 heteroatoms. The molecule has 0 bridgehead atoms. The highest BCUT2D eigenvalue weighted by Crippen LogP contribution is 2.18. The SMILES string of the molecule is CCc1ccccc1NC(=S)N(Cc1ccc(C)cc1)Cc1ccccn1. The van der Waals surface area contributed by atoms with E-state index in [0.717, 1.165) is 24.3 Å². The van der Waals surface area contributed by atoms with Crippen molar-refractivity contribution in [1.82, 2.24) is 9.88 Å². The lowest BCUT2D eigenvalue weighted by atomic mass is 10.1. The van der Waals surface area contributed by atoms with Crippen molar-refractivity contribution >= 4 is 23.0 Å². The Morgan fingerprint density at radius 3 is 2.41 bits per heavy atom. The standard InChI is InChI=1S/C23H25N3S/c1-3-20-8-4-5-10-22(20)25-23(27)26(17-21-9-6-7-15-24-21)16-19-13-11-18(2)12-14-19/h4-15H,3,16-17H2,1-2H3,(H,25,27). The van der Waals surface area contributed by atoms with Gasteiger partial charge in [-0.3, -0.25) is 4.98 Å². The maximum Gasteiger partial charge on any atom is 0.174 e. The highest BCUT2D eigenvalue weighted by Gasteiger charge is 2.13. The van der Waals surface area contributed by atoms with Crippen LogP contribution in [0.3, 0.4) is 0 Å². The van der Waals surface area contributed by atoms with E-state index in [2.05, 4.69) is 71.5 Å². The largest absolute Gasteiger partial charge is 0.339 e. The van der Waals surface area contributed by atoms with Crippen LogP contribution in [0.4, 0.5) is 5.69 Å². The first-order chi connectivity index (χ1) is 13.2. The predicted octanol–water partition coefficient (Wildman–Crippen LogP) is 5.35. The monoisotopic (exact) mass is 375 g/mol. The first-order valence-corrected chi connectivity index (χ1v) is 9.66. The van der Waals surface area contributed by atoms with Crippen LogP contribution < -0.4 is 5.32 Å². The van der Waals surface area contributed by atoms with E-state index in [1.54, 1.807) is 0 Å². The molecule has 2 aromatic carbocycles. The number of rotatable bonds is 6. The fraction of sp³-hybridized carbons (Fsp3) is 0.217. The molecule has 1 aromatic heterocycles. The molecule has 1 N–H and O–H groups in total. The van der Waals surface area contributed by atoms with Crippen molar-refractivity contribution in [2.24, 2.45) is 0 Å². The van der Waals surface area contributed by atoms with Gasteiger partial charge in [-0.2, -0.15) is 0 Å². The molecule has 0 spiro atoms. The topological polar surface area (TPSA) is 28.2 Å². The molecule has 3 rings (SSSR count). The summed E-state index contributed by atoms with van der Waals surface area (Å²) < 4.78 is 0. The fourth-order valence-electron chi connectivity index (χ4n) is 2.95. The number of para-hydroxylation sites is 1. The summed E-state index contributed by atoms with van der Waals surface area (Å²) in [6.45, 7) is 5.65. The van der Waals surface area contributed by atoms with Crippen LogP contribution in [0.25, 0.3) is 0 Å². The number of benzene rings is 2. The Hall–Kier alpha value is -2.72. The lowest BCUT2D eigenvalue weighted by Crippen LogP contribution is -2.34. The van der Waals surface area contributed by atoms with Crippen LogP contribution in [0.1, 0.15) is 29.3 Å². The van der Waals surface area contributed by atoms with Gasteiger partial charge in [-0.15, -0.1) is 0 Å². The van der Waals surface area contributed by atoms with Gasteiger partial charge in [-0.25, -0.2) is 0 Å². The number of hydrogen-bond donors (Lipinski definition) is 1. The number of thiocarbonyl (C=S) groups is 1. The summed E-state index contributed by atoms with van der Waals surface area (Å²) in [6.07, 6.45) is 2.78. The summed E-state index contributed by atoms with van der Waals surface area (Å²) in [7, 11) is 0. The number of hydrogen-bond acceptors (Lipinski definition) is 2. The second-order valence-corrected chi connectivity index (χ2v) is 6.99. The van der Waals surface area contributed by atoms with E-state index in [9.17, 15) is 0 Å². The van der Waals surface area contributed by atoms with Crippen LogP contribution in [0, 0.1) is 6.92 Å². The summed E-state index contributed by atoms with van der Waals surface area (Å²) >= 11 is 5.78. The summed E-state index contributed by atoms with van der Waals surface area (Å²) in [5, 5.41) is 4.15. The van der Waals surface area contributed by atoms with Crippen molar-refractivity contribution < 1.29 is 0 Å². The Bertz CT molecular complexity index is 876. The molecule has 3 aromatic rings. The molecule has 0 unspecified atom stereocenters.